The van der Waals surface area contributed by atoms with Crippen LogP contribution in [0.2, 0.25) is 0 Å². The van der Waals surface area contributed by atoms with Crippen molar-refractivity contribution < 1.29 is 13.3 Å². The van der Waals surface area contributed by atoms with Crippen LogP contribution in [0, 0.1) is 11.6 Å². The predicted octanol–water partition coefficient (Wildman–Crippen LogP) is 2.03. The summed E-state index contributed by atoms with van der Waals surface area (Å²) >= 11 is 0. The van der Waals surface area contributed by atoms with Crippen molar-refractivity contribution in [3.63, 3.8) is 0 Å². The molecule has 0 aliphatic heterocycles. The summed E-state index contributed by atoms with van der Waals surface area (Å²) in [5.41, 5.74) is 5.45. The maximum atomic E-state index is 13.3. The van der Waals surface area contributed by atoms with Gasteiger partial charge < -0.3 is 10.3 Å². The normalized spacial score (nSPS) is 12.8. The maximum Gasteiger partial charge on any atom is 0.261 e. The third-order valence-corrected chi connectivity index (χ3v) is 2.01. The summed E-state index contributed by atoms with van der Waals surface area (Å²) in [5.74, 6) is -1.03. The fourth-order valence-corrected chi connectivity index (χ4v) is 1.19. The first kappa shape index (κ1) is 10.7. The van der Waals surface area contributed by atoms with Gasteiger partial charge in [-0.25, -0.2) is 8.78 Å². The van der Waals surface area contributed by atoms with Gasteiger partial charge in [0.1, 0.15) is 11.6 Å². The highest BCUT2D eigenvalue weighted by Crippen LogP contribution is 2.22. The van der Waals surface area contributed by atoms with Gasteiger partial charge in [-0.15, -0.1) is 0 Å². The summed E-state index contributed by atoms with van der Waals surface area (Å²) in [6.07, 6.45) is 0. The van der Waals surface area contributed by atoms with Crippen LogP contribution in [0.5, 0.6) is 0 Å². The number of aromatic nitrogens is 2. The average molecular weight is 225 g/mol. The molecule has 2 N–H and O–H groups in total. The minimum atomic E-state index is -0.624. The second-order valence-corrected chi connectivity index (χ2v) is 3.37. The van der Waals surface area contributed by atoms with Crippen molar-refractivity contribution in [1.82, 2.24) is 10.1 Å². The Balaban J connectivity index is 2.46. The van der Waals surface area contributed by atoms with Crippen LogP contribution in [0.4, 0.5) is 8.78 Å². The van der Waals surface area contributed by atoms with E-state index in [9.17, 15) is 8.78 Å². The quantitative estimate of drug-likeness (QED) is 0.849. The molecule has 4 nitrogen and oxygen atoms in total. The van der Waals surface area contributed by atoms with Gasteiger partial charge in [-0.3, -0.25) is 0 Å². The van der Waals surface area contributed by atoms with Crippen LogP contribution in [0.3, 0.4) is 0 Å². The summed E-state index contributed by atoms with van der Waals surface area (Å²) in [5, 5.41) is 3.56. The Hall–Kier alpha value is -1.82. The van der Waals surface area contributed by atoms with Gasteiger partial charge in [0.05, 0.1) is 11.6 Å². The van der Waals surface area contributed by atoms with E-state index in [2.05, 4.69) is 10.1 Å². The zero-order valence-corrected chi connectivity index (χ0v) is 8.45. The molecule has 0 aliphatic carbocycles. The Morgan fingerprint density at radius 3 is 2.75 bits per heavy atom. The van der Waals surface area contributed by atoms with Crippen LogP contribution in [0.1, 0.15) is 18.8 Å². The third-order valence-electron chi connectivity index (χ3n) is 2.01. The van der Waals surface area contributed by atoms with Gasteiger partial charge in [-0.1, -0.05) is 5.16 Å². The molecule has 0 fully saturated rings. The Kier molecular flexibility index (Phi) is 2.66. The summed E-state index contributed by atoms with van der Waals surface area (Å²) in [6.45, 7) is 1.66. The van der Waals surface area contributed by atoms with Crippen LogP contribution in [0.25, 0.3) is 11.5 Å². The van der Waals surface area contributed by atoms with Gasteiger partial charge in [0.2, 0.25) is 0 Å². The van der Waals surface area contributed by atoms with Gasteiger partial charge in [-0.2, -0.15) is 4.98 Å². The molecule has 0 radical (unpaired) electrons. The fraction of sp³-hybridized carbons (Fsp3) is 0.200. The monoisotopic (exact) mass is 225 g/mol. The number of rotatable bonds is 2. The van der Waals surface area contributed by atoms with E-state index in [-0.39, 0.29) is 17.3 Å². The lowest BCUT2D eigenvalue weighted by molar-refractivity contribution is 0.415. The van der Waals surface area contributed by atoms with E-state index in [0.29, 0.717) is 0 Å². The number of nitrogens with zero attached hydrogens (tertiary/aromatic N) is 2. The minimum Gasteiger partial charge on any atom is -0.334 e. The first-order chi connectivity index (χ1) is 7.58. The molecule has 0 amide bonds. The van der Waals surface area contributed by atoms with Gasteiger partial charge in [0.15, 0.2) is 5.82 Å². The Morgan fingerprint density at radius 2 is 2.12 bits per heavy atom. The van der Waals surface area contributed by atoms with Gasteiger partial charge >= 0.3 is 0 Å². The van der Waals surface area contributed by atoms with Crippen LogP contribution in [0.15, 0.2) is 22.7 Å². The largest absolute Gasteiger partial charge is 0.334 e. The predicted molar refractivity (Wildman–Crippen MR) is 52.3 cm³/mol. The molecule has 0 spiro atoms. The molecular weight excluding hydrogens is 216 g/mol. The molecule has 1 atom stereocenters. The van der Waals surface area contributed by atoms with Crippen LogP contribution in [-0.4, -0.2) is 10.1 Å². The minimum absolute atomic E-state index is 0.0700. The molecule has 2 rings (SSSR count). The van der Waals surface area contributed by atoms with E-state index in [0.717, 1.165) is 18.2 Å². The summed E-state index contributed by atoms with van der Waals surface area (Å²) in [4.78, 5) is 3.87. The van der Waals surface area contributed by atoms with Crippen molar-refractivity contribution in [1.29, 1.82) is 0 Å². The lowest BCUT2D eigenvalue weighted by Gasteiger charge is -1.97. The second-order valence-electron chi connectivity index (χ2n) is 3.37. The molecule has 1 aromatic heterocycles. The van der Waals surface area contributed by atoms with Crippen LogP contribution < -0.4 is 5.73 Å². The van der Waals surface area contributed by atoms with E-state index < -0.39 is 17.7 Å². The number of halogens is 2. The number of hydrogen-bond acceptors (Lipinski definition) is 4. The van der Waals surface area contributed by atoms with Crippen molar-refractivity contribution in [2.75, 3.05) is 0 Å². The molecule has 0 saturated heterocycles. The molecule has 1 unspecified atom stereocenters. The van der Waals surface area contributed by atoms with E-state index >= 15 is 0 Å². The van der Waals surface area contributed by atoms with Crippen molar-refractivity contribution in [2.45, 2.75) is 13.0 Å². The zero-order valence-electron chi connectivity index (χ0n) is 8.45. The van der Waals surface area contributed by atoms with Crippen LogP contribution >= 0.6 is 0 Å². The van der Waals surface area contributed by atoms with E-state index in [1.807, 2.05) is 0 Å². The van der Waals surface area contributed by atoms with E-state index in [1.54, 1.807) is 6.92 Å². The molecule has 1 heterocycles. The molecule has 1 aromatic carbocycles. The van der Waals surface area contributed by atoms with Crippen molar-refractivity contribution in [2.24, 2.45) is 5.73 Å². The molecular formula is C10H9F2N3O. The van der Waals surface area contributed by atoms with E-state index in [1.165, 1.54) is 0 Å². The molecule has 0 saturated carbocycles. The SMILES string of the molecule is CC(N)c1noc(-c2cc(F)ccc2F)n1. The van der Waals surface area contributed by atoms with Gasteiger partial charge in [0, 0.05) is 0 Å². The standard InChI is InChI=1S/C10H9F2N3O/c1-5(13)9-14-10(16-15-9)7-4-6(11)2-3-8(7)12/h2-5H,13H2,1H3. The Labute approximate surface area is 90.1 Å². The summed E-state index contributed by atoms with van der Waals surface area (Å²) in [7, 11) is 0. The number of nitrogens with two attached hydrogens (primary N) is 1. The van der Waals surface area contributed by atoms with Crippen molar-refractivity contribution in [3.8, 4) is 11.5 Å². The van der Waals surface area contributed by atoms with Crippen LogP contribution in [-0.2, 0) is 0 Å². The van der Waals surface area contributed by atoms with E-state index in [4.69, 9.17) is 10.3 Å². The highest BCUT2D eigenvalue weighted by molar-refractivity contribution is 5.53. The lowest BCUT2D eigenvalue weighted by Crippen LogP contribution is -2.06. The first-order valence-electron chi connectivity index (χ1n) is 4.62. The maximum absolute atomic E-state index is 13.3. The average Bonchev–Trinajstić information content (AvgIpc) is 2.70. The number of benzene rings is 1. The molecule has 16 heavy (non-hydrogen) atoms. The van der Waals surface area contributed by atoms with Crippen molar-refractivity contribution >= 4 is 0 Å². The van der Waals surface area contributed by atoms with Crippen molar-refractivity contribution in [3.05, 3.63) is 35.7 Å². The number of hydrogen-bond donors (Lipinski definition) is 1. The third kappa shape index (κ3) is 1.92. The molecule has 2 aromatic rings. The Morgan fingerprint density at radius 1 is 1.38 bits per heavy atom. The lowest BCUT2D eigenvalue weighted by atomic mass is 10.2. The zero-order chi connectivity index (χ0) is 11.7. The molecule has 6 heteroatoms. The summed E-state index contributed by atoms with van der Waals surface area (Å²) in [6, 6.07) is 2.59. The Bertz CT molecular complexity index is 511. The molecule has 0 bridgehead atoms. The molecule has 84 valence electrons. The summed E-state index contributed by atoms with van der Waals surface area (Å²) < 4.78 is 31.1. The fourth-order valence-electron chi connectivity index (χ4n) is 1.19. The van der Waals surface area contributed by atoms with Gasteiger partial charge in [-0.05, 0) is 25.1 Å². The highest BCUT2D eigenvalue weighted by Gasteiger charge is 2.15. The molecule has 0 aliphatic rings. The highest BCUT2D eigenvalue weighted by atomic mass is 19.1. The second kappa shape index (κ2) is 3.97. The smallest absolute Gasteiger partial charge is 0.261 e. The van der Waals surface area contributed by atoms with Gasteiger partial charge in [0.25, 0.3) is 5.89 Å². The topological polar surface area (TPSA) is 64.9 Å². The first-order valence-corrected chi connectivity index (χ1v) is 4.62.